The summed E-state index contributed by atoms with van der Waals surface area (Å²) in [6, 6.07) is 1.32. The Bertz CT molecular complexity index is 2630. The van der Waals surface area contributed by atoms with Gasteiger partial charge < -0.3 is 80.0 Å². The molecule has 0 bridgehead atoms. The number of aromatic nitrogens is 2. The summed E-state index contributed by atoms with van der Waals surface area (Å²) in [5.74, 6) is -12.4. The van der Waals surface area contributed by atoms with Crippen LogP contribution in [-0.4, -0.2) is 163 Å². The molecule has 18 N–H and O–H groups in total. The van der Waals surface area contributed by atoms with E-state index in [4.69, 9.17) is 17.2 Å². The minimum absolute atomic E-state index is 0.0374. The van der Waals surface area contributed by atoms with Gasteiger partial charge in [-0.2, -0.15) is 11.8 Å². The Balaban J connectivity index is 1.91. The van der Waals surface area contributed by atoms with Crippen molar-refractivity contribution in [2.75, 3.05) is 18.6 Å². The zero-order valence-electron chi connectivity index (χ0n) is 47.3. The van der Waals surface area contributed by atoms with Gasteiger partial charge in [0.15, 0.2) is 0 Å². The Kier molecular flexibility index (Phi) is 29.7. The average molecular weight is 1180 g/mol. The molecule has 456 valence electrons. The highest BCUT2D eigenvalue weighted by Gasteiger charge is 2.38. The highest BCUT2D eigenvalue weighted by molar-refractivity contribution is 7.98. The maximum atomic E-state index is 14.5. The van der Waals surface area contributed by atoms with Gasteiger partial charge in [0.1, 0.15) is 54.1 Å². The molecule has 3 rings (SSSR count). The zero-order chi connectivity index (χ0) is 61.8. The fourth-order valence-corrected chi connectivity index (χ4v) is 8.92. The number of phenols is 1. The predicted octanol–water partition coefficient (Wildman–Crippen LogP) is -1.24. The number of carbonyl (C=O) groups is 11. The molecule has 83 heavy (non-hydrogen) atoms. The topological polar surface area (TPSA) is 451 Å². The van der Waals surface area contributed by atoms with Crippen LogP contribution in [0.4, 0.5) is 0 Å². The molecule has 1 heterocycles. The number of hydrogen-bond donors (Lipinski definition) is 15. The van der Waals surface area contributed by atoms with Crippen molar-refractivity contribution in [3.05, 3.63) is 83.9 Å². The molecule has 28 heteroatoms. The average Bonchev–Trinajstić information content (AvgIpc) is 4.02. The van der Waals surface area contributed by atoms with E-state index in [9.17, 15) is 68.1 Å². The monoisotopic (exact) mass is 1180 g/mol. The fourth-order valence-electron chi connectivity index (χ4n) is 8.44. The molecule has 0 aliphatic carbocycles. The van der Waals surface area contributed by atoms with Crippen LogP contribution >= 0.6 is 11.8 Å². The third-order valence-corrected chi connectivity index (χ3v) is 14.3. The summed E-state index contributed by atoms with van der Waals surface area (Å²) in [7, 11) is 0. The molecule has 0 unspecified atom stereocenters. The van der Waals surface area contributed by atoms with Crippen LogP contribution in [0.3, 0.4) is 0 Å². The van der Waals surface area contributed by atoms with E-state index in [0.717, 1.165) is 5.56 Å². The lowest BCUT2D eigenvalue weighted by molar-refractivity contribution is -0.142. The minimum atomic E-state index is -1.88. The molecule has 2 aromatic carbocycles. The number of nitrogens with one attached hydrogen (secondary N) is 9. The lowest BCUT2D eigenvalue weighted by Gasteiger charge is -2.30. The maximum Gasteiger partial charge on any atom is 0.326 e. The van der Waals surface area contributed by atoms with Crippen LogP contribution in [0.25, 0.3) is 0 Å². The lowest BCUT2D eigenvalue weighted by atomic mass is 9.96. The van der Waals surface area contributed by atoms with Crippen LogP contribution < -0.4 is 59.7 Å². The van der Waals surface area contributed by atoms with Crippen molar-refractivity contribution >= 4 is 76.9 Å². The smallest absolute Gasteiger partial charge is 0.326 e. The van der Waals surface area contributed by atoms with Crippen LogP contribution in [-0.2, 0) is 72.0 Å². The number of thioether (sulfide) groups is 1. The number of phenolic OH excluding ortho intramolecular Hbond substituents is 1. The first-order chi connectivity index (χ1) is 39.4. The summed E-state index contributed by atoms with van der Waals surface area (Å²) in [5, 5.41) is 50.2. The SMILES string of the molecule is CC[C@H](C)[C@H](NC(=O)[C@H](CC(=O)O)NC(=O)[C@H](CCCCN)NC(=O)[C@@H](NC(=O)[C@H](CC(N)=O)NC(=O)[C@@H](N)Cc1ccccc1)[C@@H](C)CC)C(=O)N[C@@H](Cc1ccc(O)cc1)C(=O)N[C@@H](CCSC)C(=O)N[C@@H](Cc1cnc[nH]1)C(=O)O. The Morgan fingerprint density at radius 1 is 0.578 bits per heavy atom. The Morgan fingerprint density at radius 3 is 1.57 bits per heavy atom. The molecule has 0 fully saturated rings. The molecule has 1 aromatic heterocycles. The molecule has 0 spiro atoms. The first-order valence-electron chi connectivity index (χ1n) is 27.3. The van der Waals surface area contributed by atoms with Crippen molar-refractivity contribution in [1.82, 2.24) is 52.5 Å². The number of carboxylic acids is 2. The largest absolute Gasteiger partial charge is 0.508 e. The Labute approximate surface area is 485 Å². The third kappa shape index (κ3) is 24.1. The van der Waals surface area contributed by atoms with E-state index in [1.807, 2.05) is 0 Å². The van der Waals surface area contributed by atoms with Crippen molar-refractivity contribution in [2.24, 2.45) is 29.0 Å². The number of carbonyl (C=O) groups excluding carboxylic acids is 9. The van der Waals surface area contributed by atoms with Crippen molar-refractivity contribution in [1.29, 1.82) is 0 Å². The lowest BCUT2D eigenvalue weighted by Crippen LogP contribution is -2.62. The van der Waals surface area contributed by atoms with Crippen molar-refractivity contribution in [3.8, 4) is 5.75 Å². The van der Waals surface area contributed by atoms with Crippen molar-refractivity contribution < 1.29 is 68.1 Å². The number of amides is 9. The van der Waals surface area contributed by atoms with Crippen LogP contribution in [0.5, 0.6) is 5.75 Å². The molecular formula is C55H81N13O14S. The van der Waals surface area contributed by atoms with E-state index < -0.39 is 144 Å². The molecule has 0 saturated heterocycles. The van der Waals surface area contributed by atoms with Crippen molar-refractivity contribution in [3.63, 3.8) is 0 Å². The van der Waals surface area contributed by atoms with Gasteiger partial charge in [-0.3, -0.25) is 47.9 Å². The summed E-state index contributed by atoms with van der Waals surface area (Å²) in [6.07, 6.45) is 3.62. The van der Waals surface area contributed by atoms with E-state index in [2.05, 4.69) is 52.5 Å². The second-order valence-corrected chi connectivity index (χ2v) is 21.2. The summed E-state index contributed by atoms with van der Waals surface area (Å²) >= 11 is 1.35. The summed E-state index contributed by atoms with van der Waals surface area (Å²) in [5.41, 5.74) is 18.9. The van der Waals surface area contributed by atoms with E-state index >= 15 is 0 Å². The fraction of sp³-hybridized carbons (Fsp3) is 0.527. The second-order valence-electron chi connectivity index (χ2n) is 20.2. The standard InChI is InChI=1S/C55H81N13O14S/c1-6-30(3)45(67-51(77)40(26-43(58)70)63-47(73)36(57)23-32-13-9-8-10-14-32)53(79)62-37(15-11-12-21-56)48(74)64-41(27-44(71)72)52(78)68-46(31(4)7-2)54(80)65-39(24-33-16-18-35(69)19-17-33)50(76)61-38(20-22-83-5)49(75)66-42(55(81)82)25-34-28-59-29-60-34/h8-10,13-14,16-19,28-31,36-42,45-46,69H,6-7,11-12,15,20-27,56-57H2,1-5H3,(H2,58,70)(H,59,60)(H,61,76)(H,62,79)(H,63,73)(H,64,74)(H,65,80)(H,66,75)(H,67,77)(H,68,78)(H,71,72)(H,81,82)/t30-,31-,36-,37-,38-,39-,40-,41-,42-,45-,46-/m0/s1. The van der Waals surface area contributed by atoms with Gasteiger partial charge in [-0.25, -0.2) is 9.78 Å². The van der Waals surface area contributed by atoms with Gasteiger partial charge in [0.05, 0.1) is 25.2 Å². The van der Waals surface area contributed by atoms with E-state index in [1.54, 1.807) is 64.3 Å². The zero-order valence-corrected chi connectivity index (χ0v) is 48.1. The molecule has 0 aliphatic heterocycles. The molecule has 27 nitrogen and oxygen atoms in total. The number of rotatable bonds is 38. The molecular weight excluding hydrogens is 1100 g/mol. The van der Waals surface area contributed by atoms with E-state index in [1.165, 1.54) is 48.6 Å². The number of H-pyrrole nitrogens is 1. The number of imidazole rings is 1. The number of aromatic amines is 1. The number of primary amides is 1. The van der Waals surface area contributed by atoms with Gasteiger partial charge in [-0.05, 0) is 85.8 Å². The van der Waals surface area contributed by atoms with Crippen LogP contribution in [0.1, 0.15) is 95.9 Å². The molecule has 0 saturated carbocycles. The summed E-state index contributed by atoms with van der Waals surface area (Å²) in [4.78, 5) is 156. The highest BCUT2D eigenvalue weighted by atomic mass is 32.2. The molecule has 0 aliphatic rings. The molecule has 9 amide bonds. The van der Waals surface area contributed by atoms with Gasteiger partial charge >= 0.3 is 11.9 Å². The maximum absolute atomic E-state index is 14.5. The number of aromatic hydroxyl groups is 1. The van der Waals surface area contributed by atoms with Gasteiger partial charge in [-0.1, -0.05) is 83.0 Å². The normalized spacial score (nSPS) is 15.1. The number of nitrogens with two attached hydrogens (primary N) is 3. The summed E-state index contributed by atoms with van der Waals surface area (Å²) < 4.78 is 0. The van der Waals surface area contributed by atoms with Crippen LogP contribution in [0.15, 0.2) is 67.1 Å². The van der Waals surface area contributed by atoms with Gasteiger partial charge in [0.25, 0.3) is 0 Å². The predicted molar refractivity (Wildman–Crippen MR) is 306 cm³/mol. The first-order valence-corrected chi connectivity index (χ1v) is 28.7. The second kappa shape index (κ2) is 35.7. The summed E-state index contributed by atoms with van der Waals surface area (Å²) in [6.45, 7) is 6.81. The van der Waals surface area contributed by atoms with Gasteiger partial charge in [0.2, 0.25) is 53.2 Å². The van der Waals surface area contributed by atoms with Gasteiger partial charge in [0, 0.05) is 24.7 Å². The Hall–Kier alpha value is -8.11. The van der Waals surface area contributed by atoms with Crippen molar-refractivity contribution in [2.45, 2.75) is 153 Å². The minimum Gasteiger partial charge on any atom is -0.508 e. The Morgan fingerprint density at radius 2 is 1.06 bits per heavy atom. The highest BCUT2D eigenvalue weighted by Crippen LogP contribution is 2.16. The first kappa shape index (κ1) is 69.2. The molecule has 11 atom stereocenters. The quantitative estimate of drug-likeness (QED) is 0.0298. The number of unbranched alkanes of at least 4 members (excludes halogenated alkanes) is 1. The van der Waals surface area contributed by atoms with Crippen LogP contribution in [0, 0.1) is 11.8 Å². The number of aliphatic carboxylic acids is 2. The number of benzene rings is 2. The number of carboxylic acid groups (broad SMARTS) is 2. The van der Waals surface area contributed by atoms with Gasteiger partial charge in [-0.15, -0.1) is 0 Å². The van der Waals surface area contributed by atoms with Crippen LogP contribution in [0.2, 0.25) is 0 Å². The van der Waals surface area contributed by atoms with E-state index in [0.29, 0.717) is 29.9 Å². The number of nitrogens with zero attached hydrogens (tertiary/aromatic N) is 1. The molecule has 3 aromatic rings. The number of hydrogen-bond acceptors (Lipinski definition) is 16. The van der Waals surface area contributed by atoms with E-state index in [-0.39, 0.29) is 57.2 Å². The molecule has 0 radical (unpaired) electrons. The third-order valence-electron chi connectivity index (χ3n) is 13.7.